The summed E-state index contributed by atoms with van der Waals surface area (Å²) in [5.41, 5.74) is 5.05. The van der Waals surface area contributed by atoms with Crippen LogP contribution in [0, 0.1) is 0 Å². The van der Waals surface area contributed by atoms with Gasteiger partial charge >= 0.3 is 6.18 Å². The maximum atomic E-state index is 13.3. The lowest BCUT2D eigenvalue weighted by Gasteiger charge is -2.18. The molecule has 0 fully saturated rings. The van der Waals surface area contributed by atoms with Gasteiger partial charge in [-0.2, -0.15) is 13.2 Å². The van der Waals surface area contributed by atoms with Gasteiger partial charge in [0.2, 0.25) is 11.8 Å². The summed E-state index contributed by atoms with van der Waals surface area (Å²) >= 11 is 0. The number of anilines is 1. The molecule has 0 bridgehead atoms. The topological polar surface area (TPSA) is 141 Å². The molecule has 0 saturated carbocycles. The summed E-state index contributed by atoms with van der Waals surface area (Å²) in [5.74, 6) is 0.238. The summed E-state index contributed by atoms with van der Waals surface area (Å²) in [4.78, 5) is 29.4. The van der Waals surface area contributed by atoms with E-state index < -0.39 is 17.8 Å². The summed E-state index contributed by atoms with van der Waals surface area (Å²) in [5, 5.41) is 6.33. The van der Waals surface area contributed by atoms with Crippen LogP contribution in [0.4, 0.5) is 19.1 Å². The number of nitrogens with one attached hydrogen (secondary N) is 2. The van der Waals surface area contributed by atoms with Crippen LogP contribution in [-0.4, -0.2) is 45.5 Å². The van der Waals surface area contributed by atoms with Gasteiger partial charge in [0, 0.05) is 35.9 Å². The molecular weight excluding hydrogens is 503 g/mol. The van der Waals surface area contributed by atoms with Gasteiger partial charge < -0.3 is 25.5 Å². The summed E-state index contributed by atoms with van der Waals surface area (Å²) < 4.78 is 50.8. The lowest BCUT2D eigenvalue weighted by Crippen LogP contribution is -2.37. The average Bonchev–Trinajstić information content (AvgIpc) is 3.35. The van der Waals surface area contributed by atoms with E-state index in [4.69, 9.17) is 14.9 Å². The minimum atomic E-state index is -4.63. The van der Waals surface area contributed by atoms with E-state index in [0.29, 0.717) is 16.9 Å². The van der Waals surface area contributed by atoms with E-state index in [-0.39, 0.29) is 47.7 Å². The molecule has 0 unspecified atom stereocenters. The molecule has 200 valence electrons. The normalized spacial score (nSPS) is 12.4. The van der Waals surface area contributed by atoms with E-state index in [1.165, 1.54) is 19.2 Å². The molecule has 38 heavy (non-hydrogen) atoms. The molecule has 0 aliphatic carbocycles. The summed E-state index contributed by atoms with van der Waals surface area (Å²) in [6.07, 6.45) is 0.203. The highest BCUT2D eigenvalue weighted by atomic mass is 19.4. The van der Waals surface area contributed by atoms with Crippen LogP contribution in [-0.2, 0) is 12.7 Å². The van der Waals surface area contributed by atoms with E-state index in [9.17, 15) is 18.0 Å². The van der Waals surface area contributed by atoms with Crippen LogP contribution in [0.2, 0.25) is 0 Å². The molecule has 0 aliphatic rings. The second-order valence-corrected chi connectivity index (χ2v) is 8.31. The largest absolute Gasteiger partial charge is 0.494 e. The van der Waals surface area contributed by atoms with Gasteiger partial charge in [0.05, 0.1) is 13.7 Å². The first-order chi connectivity index (χ1) is 18.2. The smallest absolute Gasteiger partial charge is 0.433 e. The van der Waals surface area contributed by atoms with Crippen LogP contribution >= 0.6 is 0 Å². The number of nitrogens with zero attached hydrogens (tertiary/aromatic N) is 4. The summed E-state index contributed by atoms with van der Waals surface area (Å²) in [6.45, 7) is 2.16. The van der Waals surface area contributed by atoms with Crippen molar-refractivity contribution in [2.75, 3.05) is 19.0 Å². The van der Waals surface area contributed by atoms with Gasteiger partial charge in [0.15, 0.2) is 11.5 Å². The van der Waals surface area contributed by atoms with Crippen molar-refractivity contribution in [1.82, 2.24) is 25.3 Å². The van der Waals surface area contributed by atoms with Crippen molar-refractivity contribution < 1.29 is 27.1 Å². The number of carbonyl (C=O) groups is 1. The number of ether oxygens (including phenoxy) is 1. The zero-order valence-electron chi connectivity index (χ0n) is 20.7. The van der Waals surface area contributed by atoms with Crippen molar-refractivity contribution in [2.45, 2.75) is 38.5 Å². The maximum absolute atomic E-state index is 13.3. The van der Waals surface area contributed by atoms with Gasteiger partial charge in [-0.15, -0.1) is 0 Å². The van der Waals surface area contributed by atoms with Crippen molar-refractivity contribution in [3.05, 3.63) is 59.9 Å². The molecule has 10 nitrogen and oxygen atoms in total. The molecule has 0 saturated heterocycles. The Labute approximate surface area is 215 Å². The molecule has 1 aromatic carbocycles. The Bertz CT molecular complexity index is 1410. The number of fused-ring (bicyclic) bond motifs is 1. The van der Waals surface area contributed by atoms with E-state index in [1.54, 1.807) is 24.5 Å². The Balaban J connectivity index is 1.61. The standard InChI is InChI=1S/C25H26F3N7O3/c1-3-5-14(33-24-30-10-4-11-31-24)13-32-22(36)21-18(12-29)38-23(35-21)16-6-8-17(37-2)20-15(16)7-9-19(34-20)25(26,27)28/h4,6-11,14H,3,5,12-13,29H2,1-2H3,(H,32,36)(H,30,31,33)/t14-/m1/s1. The van der Waals surface area contributed by atoms with Gasteiger partial charge in [-0.05, 0) is 36.8 Å². The first kappa shape index (κ1) is 26.8. The van der Waals surface area contributed by atoms with E-state index >= 15 is 0 Å². The Hall–Kier alpha value is -4.26. The predicted molar refractivity (Wildman–Crippen MR) is 133 cm³/mol. The fourth-order valence-corrected chi connectivity index (χ4v) is 3.91. The quantitative estimate of drug-likeness (QED) is 0.276. The molecule has 0 radical (unpaired) electrons. The molecule has 0 aliphatic heterocycles. The number of oxazole rings is 1. The molecule has 13 heteroatoms. The van der Waals surface area contributed by atoms with Crippen molar-refractivity contribution in [3.63, 3.8) is 0 Å². The summed E-state index contributed by atoms with van der Waals surface area (Å²) in [7, 11) is 1.33. The fraction of sp³-hybridized carbons (Fsp3) is 0.320. The van der Waals surface area contributed by atoms with Crippen LogP contribution in [0.15, 0.2) is 47.1 Å². The average molecular weight is 530 g/mol. The van der Waals surface area contributed by atoms with Crippen LogP contribution in [0.1, 0.15) is 41.7 Å². The second kappa shape index (κ2) is 11.4. The molecule has 1 atom stereocenters. The van der Waals surface area contributed by atoms with E-state index in [1.807, 2.05) is 6.92 Å². The highest BCUT2D eigenvalue weighted by Gasteiger charge is 2.33. The number of hydrogen-bond donors (Lipinski definition) is 3. The zero-order chi connectivity index (χ0) is 27.3. The number of carbonyl (C=O) groups excluding carboxylic acids is 1. The number of halogens is 3. The molecule has 0 spiro atoms. The number of nitrogens with two attached hydrogens (primary N) is 1. The summed E-state index contributed by atoms with van der Waals surface area (Å²) in [6, 6.07) is 6.73. The predicted octanol–water partition coefficient (Wildman–Crippen LogP) is 4.18. The second-order valence-electron chi connectivity index (χ2n) is 8.31. The van der Waals surface area contributed by atoms with Crippen LogP contribution in [0.5, 0.6) is 5.75 Å². The third-order valence-corrected chi connectivity index (χ3v) is 5.70. The lowest BCUT2D eigenvalue weighted by molar-refractivity contribution is -0.140. The van der Waals surface area contributed by atoms with Gasteiger partial charge in [0.1, 0.15) is 17.0 Å². The molecule has 4 aromatic rings. The maximum Gasteiger partial charge on any atom is 0.433 e. The monoisotopic (exact) mass is 529 g/mol. The van der Waals surface area contributed by atoms with Crippen molar-refractivity contribution in [1.29, 1.82) is 0 Å². The van der Waals surface area contributed by atoms with Crippen LogP contribution in [0.25, 0.3) is 22.4 Å². The highest BCUT2D eigenvalue weighted by molar-refractivity contribution is 5.98. The number of alkyl halides is 3. The minimum Gasteiger partial charge on any atom is -0.494 e. The van der Waals surface area contributed by atoms with Gasteiger partial charge in [0.25, 0.3) is 5.91 Å². The molecular formula is C25H26F3N7O3. The van der Waals surface area contributed by atoms with Crippen molar-refractivity contribution in [2.24, 2.45) is 5.73 Å². The number of rotatable bonds is 10. The lowest BCUT2D eigenvalue weighted by atomic mass is 10.1. The number of methoxy groups -OCH3 is 1. The number of pyridine rings is 1. The van der Waals surface area contributed by atoms with Crippen LogP contribution < -0.4 is 21.1 Å². The molecule has 1 amide bonds. The Kier molecular flexibility index (Phi) is 8.05. The fourth-order valence-electron chi connectivity index (χ4n) is 3.91. The van der Waals surface area contributed by atoms with Crippen molar-refractivity contribution in [3.8, 4) is 17.2 Å². The zero-order valence-corrected chi connectivity index (χ0v) is 20.7. The third kappa shape index (κ3) is 5.83. The number of aromatic nitrogens is 4. The van der Waals surface area contributed by atoms with E-state index in [2.05, 4.69) is 30.6 Å². The van der Waals surface area contributed by atoms with Gasteiger partial charge in [-0.3, -0.25) is 4.79 Å². The molecule has 4 rings (SSSR count). The molecule has 4 N–H and O–H groups in total. The van der Waals surface area contributed by atoms with Gasteiger partial charge in [-0.25, -0.2) is 19.9 Å². The van der Waals surface area contributed by atoms with Crippen LogP contribution in [0.3, 0.4) is 0 Å². The SMILES string of the molecule is CCC[C@H](CNC(=O)c1nc(-c2ccc(OC)c3nc(C(F)(F)F)ccc23)oc1CN)Nc1ncccn1. The Morgan fingerprint density at radius 3 is 2.58 bits per heavy atom. The minimum absolute atomic E-state index is 0.0162. The Morgan fingerprint density at radius 1 is 1.16 bits per heavy atom. The van der Waals surface area contributed by atoms with E-state index in [0.717, 1.165) is 18.9 Å². The third-order valence-electron chi connectivity index (χ3n) is 5.70. The number of amides is 1. The van der Waals surface area contributed by atoms with Gasteiger partial charge in [-0.1, -0.05) is 13.3 Å². The number of hydrogen-bond acceptors (Lipinski definition) is 9. The molecule has 3 heterocycles. The first-order valence-electron chi connectivity index (χ1n) is 11.8. The first-order valence-corrected chi connectivity index (χ1v) is 11.8. The Morgan fingerprint density at radius 2 is 1.92 bits per heavy atom. The molecule has 3 aromatic heterocycles. The van der Waals surface area contributed by atoms with Crippen molar-refractivity contribution >= 4 is 22.8 Å². The number of benzene rings is 1. The highest BCUT2D eigenvalue weighted by Crippen LogP contribution is 2.36.